The second kappa shape index (κ2) is 5.09. The first-order valence-electron chi connectivity index (χ1n) is 7.33. The summed E-state index contributed by atoms with van der Waals surface area (Å²) in [7, 11) is 0. The van der Waals surface area contributed by atoms with Gasteiger partial charge in [0.15, 0.2) is 0 Å². The molecule has 17 heavy (non-hydrogen) atoms. The summed E-state index contributed by atoms with van der Waals surface area (Å²) in [5.41, 5.74) is 5.78. The Balaban J connectivity index is 2.04. The Morgan fingerprint density at radius 2 is 1.82 bits per heavy atom. The molecule has 98 valence electrons. The van der Waals surface area contributed by atoms with Crippen LogP contribution < -0.4 is 5.73 Å². The fourth-order valence-corrected chi connectivity index (χ4v) is 3.82. The predicted octanol–water partition coefficient (Wildman–Crippen LogP) is 3.15. The molecule has 2 nitrogen and oxygen atoms in total. The van der Waals surface area contributed by atoms with E-state index in [0.717, 1.165) is 31.6 Å². The lowest BCUT2D eigenvalue weighted by Gasteiger charge is -2.36. The van der Waals surface area contributed by atoms with E-state index in [2.05, 4.69) is 13.8 Å². The van der Waals surface area contributed by atoms with Crippen molar-refractivity contribution in [1.29, 1.82) is 0 Å². The quantitative estimate of drug-likeness (QED) is 0.819. The van der Waals surface area contributed by atoms with Crippen LogP contribution in [-0.4, -0.2) is 12.3 Å². The summed E-state index contributed by atoms with van der Waals surface area (Å²) in [6.45, 7) is 5.19. The van der Waals surface area contributed by atoms with Crippen LogP contribution in [0.5, 0.6) is 0 Å². The van der Waals surface area contributed by atoms with Crippen molar-refractivity contribution in [2.45, 2.75) is 58.8 Å². The van der Waals surface area contributed by atoms with Gasteiger partial charge in [-0.25, -0.2) is 0 Å². The Hall–Kier alpha value is -0.370. The predicted molar refractivity (Wildman–Crippen MR) is 70.6 cm³/mol. The molecular weight excluding hydrogens is 210 g/mol. The zero-order chi connectivity index (χ0) is 12.5. The van der Waals surface area contributed by atoms with Crippen LogP contribution in [0.4, 0.5) is 0 Å². The van der Waals surface area contributed by atoms with Gasteiger partial charge in [-0.15, -0.1) is 0 Å². The molecule has 0 aromatic carbocycles. The van der Waals surface area contributed by atoms with Crippen molar-refractivity contribution in [2.24, 2.45) is 28.9 Å². The molecule has 2 rings (SSSR count). The van der Waals surface area contributed by atoms with Gasteiger partial charge in [-0.3, -0.25) is 4.79 Å². The van der Waals surface area contributed by atoms with E-state index >= 15 is 0 Å². The molecule has 0 aromatic rings. The van der Waals surface area contributed by atoms with Crippen LogP contribution in [0, 0.1) is 23.2 Å². The van der Waals surface area contributed by atoms with Crippen molar-refractivity contribution in [3.8, 4) is 0 Å². The van der Waals surface area contributed by atoms with Crippen molar-refractivity contribution < 1.29 is 4.79 Å². The maximum atomic E-state index is 12.7. The number of Topliss-reactive ketones (excluding diaryl/α,β-unsaturated/α-hetero) is 1. The molecule has 2 heteroatoms. The third-order valence-corrected chi connectivity index (χ3v) is 5.44. The van der Waals surface area contributed by atoms with Gasteiger partial charge in [-0.1, -0.05) is 26.7 Å². The topological polar surface area (TPSA) is 43.1 Å². The molecule has 2 saturated carbocycles. The third-order valence-electron chi connectivity index (χ3n) is 5.44. The lowest BCUT2D eigenvalue weighted by Crippen LogP contribution is -2.42. The first kappa shape index (κ1) is 13.1. The normalized spacial score (nSPS) is 37.0. The number of nitrogens with two attached hydrogens (primary N) is 1. The van der Waals surface area contributed by atoms with Crippen LogP contribution in [0.3, 0.4) is 0 Å². The smallest absolute Gasteiger partial charge is 0.143 e. The maximum absolute atomic E-state index is 12.7. The van der Waals surface area contributed by atoms with Gasteiger partial charge in [-0.05, 0) is 43.9 Å². The Morgan fingerprint density at radius 3 is 2.35 bits per heavy atom. The maximum Gasteiger partial charge on any atom is 0.143 e. The summed E-state index contributed by atoms with van der Waals surface area (Å²) in [4.78, 5) is 12.7. The molecule has 0 aromatic heterocycles. The van der Waals surface area contributed by atoms with Gasteiger partial charge < -0.3 is 5.73 Å². The van der Waals surface area contributed by atoms with Gasteiger partial charge in [0.25, 0.3) is 0 Å². The monoisotopic (exact) mass is 237 g/mol. The zero-order valence-corrected chi connectivity index (χ0v) is 11.4. The molecular formula is C15H27NO. The number of hydrogen-bond donors (Lipinski definition) is 1. The lowest BCUT2D eigenvalue weighted by molar-refractivity contribution is -0.134. The zero-order valence-electron chi connectivity index (χ0n) is 11.4. The van der Waals surface area contributed by atoms with E-state index in [1.165, 1.54) is 19.3 Å². The molecule has 0 aliphatic heterocycles. The molecule has 2 N–H and O–H groups in total. The molecule has 3 atom stereocenters. The van der Waals surface area contributed by atoms with E-state index in [9.17, 15) is 4.79 Å². The molecule has 3 unspecified atom stereocenters. The van der Waals surface area contributed by atoms with Gasteiger partial charge >= 0.3 is 0 Å². The highest BCUT2D eigenvalue weighted by atomic mass is 16.1. The Bertz CT molecular complexity index is 281. The average Bonchev–Trinajstić information content (AvgIpc) is 2.81. The minimum Gasteiger partial charge on any atom is -0.329 e. The number of carbonyl (C=O) groups excluding carboxylic acids is 1. The van der Waals surface area contributed by atoms with Crippen LogP contribution in [0.1, 0.15) is 58.8 Å². The molecule has 2 aliphatic carbocycles. The molecule has 0 amide bonds. The Labute approximate surface area is 105 Å². The minimum atomic E-state index is -0.134. The van der Waals surface area contributed by atoms with Gasteiger partial charge in [0.1, 0.15) is 5.78 Å². The highest BCUT2D eigenvalue weighted by molar-refractivity contribution is 5.87. The van der Waals surface area contributed by atoms with Crippen molar-refractivity contribution >= 4 is 5.78 Å². The lowest BCUT2D eigenvalue weighted by atomic mass is 9.68. The fourth-order valence-electron chi connectivity index (χ4n) is 3.82. The summed E-state index contributed by atoms with van der Waals surface area (Å²) < 4.78 is 0. The summed E-state index contributed by atoms with van der Waals surface area (Å²) in [5, 5.41) is 0. The summed E-state index contributed by atoms with van der Waals surface area (Å²) >= 11 is 0. The number of hydrogen-bond acceptors (Lipinski definition) is 2. The van der Waals surface area contributed by atoms with E-state index < -0.39 is 0 Å². The molecule has 2 fully saturated rings. The first-order valence-corrected chi connectivity index (χ1v) is 7.33. The van der Waals surface area contributed by atoms with Crippen molar-refractivity contribution in [2.75, 3.05) is 6.54 Å². The highest BCUT2D eigenvalue weighted by Gasteiger charge is 2.44. The van der Waals surface area contributed by atoms with E-state index in [-0.39, 0.29) is 5.41 Å². The van der Waals surface area contributed by atoms with Crippen LogP contribution in [-0.2, 0) is 4.79 Å². The van der Waals surface area contributed by atoms with Crippen LogP contribution >= 0.6 is 0 Å². The Kier molecular flexibility index (Phi) is 3.92. The largest absolute Gasteiger partial charge is 0.329 e. The number of ketones is 1. The summed E-state index contributed by atoms with van der Waals surface area (Å²) in [6, 6.07) is 0. The van der Waals surface area contributed by atoms with Crippen molar-refractivity contribution in [3.05, 3.63) is 0 Å². The first-order chi connectivity index (χ1) is 8.09. The minimum absolute atomic E-state index is 0.134. The SMILES string of the molecule is CC1CCC(C(=O)C2(CN)CCCC2)CC1C. The average molecular weight is 237 g/mol. The third kappa shape index (κ3) is 2.42. The van der Waals surface area contributed by atoms with Gasteiger partial charge in [-0.2, -0.15) is 0 Å². The molecule has 0 bridgehead atoms. The summed E-state index contributed by atoms with van der Waals surface area (Å²) in [6.07, 6.45) is 7.90. The number of carbonyl (C=O) groups is 1. The highest BCUT2D eigenvalue weighted by Crippen LogP contribution is 2.44. The van der Waals surface area contributed by atoms with E-state index in [1.807, 2.05) is 0 Å². The van der Waals surface area contributed by atoms with Gasteiger partial charge in [0, 0.05) is 17.9 Å². The van der Waals surface area contributed by atoms with Crippen molar-refractivity contribution in [1.82, 2.24) is 0 Å². The van der Waals surface area contributed by atoms with Gasteiger partial charge in [0.2, 0.25) is 0 Å². The summed E-state index contributed by atoms with van der Waals surface area (Å²) in [5.74, 6) is 2.31. The van der Waals surface area contributed by atoms with Crippen molar-refractivity contribution in [3.63, 3.8) is 0 Å². The van der Waals surface area contributed by atoms with E-state index in [0.29, 0.717) is 24.2 Å². The number of rotatable bonds is 3. The fraction of sp³-hybridized carbons (Fsp3) is 0.933. The van der Waals surface area contributed by atoms with Crippen LogP contribution in [0.25, 0.3) is 0 Å². The van der Waals surface area contributed by atoms with Gasteiger partial charge in [0.05, 0.1) is 0 Å². The molecule has 0 spiro atoms. The second-order valence-corrected chi connectivity index (χ2v) is 6.52. The van der Waals surface area contributed by atoms with E-state index in [1.54, 1.807) is 0 Å². The van der Waals surface area contributed by atoms with Crippen LogP contribution in [0.15, 0.2) is 0 Å². The second-order valence-electron chi connectivity index (χ2n) is 6.52. The molecule has 2 aliphatic rings. The molecule has 0 heterocycles. The van der Waals surface area contributed by atoms with Crippen LogP contribution in [0.2, 0.25) is 0 Å². The standard InChI is InChI=1S/C15H27NO/c1-11-5-6-13(9-12(11)2)14(17)15(10-16)7-3-4-8-15/h11-13H,3-10,16H2,1-2H3. The Morgan fingerprint density at radius 1 is 1.18 bits per heavy atom. The van der Waals surface area contributed by atoms with E-state index in [4.69, 9.17) is 5.73 Å². The molecule has 0 saturated heterocycles. The molecule has 0 radical (unpaired) electrons.